The number of rotatable bonds is 6. The Labute approximate surface area is 119 Å². The number of carbonyl (C=O) groups is 2. The third-order valence-corrected chi connectivity index (χ3v) is 2.31. The molecule has 9 nitrogen and oxygen atoms in total. The Morgan fingerprint density at radius 2 is 2.19 bits per heavy atom. The number of pyridine rings is 1. The number of aromatic nitrogens is 1. The average Bonchev–Trinajstić information content (AvgIpc) is 2.44. The van der Waals surface area contributed by atoms with Crippen LogP contribution in [0.25, 0.3) is 6.08 Å². The lowest BCUT2D eigenvalue weighted by Gasteiger charge is -2.05. The Morgan fingerprint density at radius 3 is 2.67 bits per heavy atom. The van der Waals surface area contributed by atoms with E-state index in [9.17, 15) is 19.7 Å². The van der Waals surface area contributed by atoms with Crippen LogP contribution in [0, 0.1) is 10.1 Å². The molecule has 0 aliphatic rings. The summed E-state index contributed by atoms with van der Waals surface area (Å²) in [6, 6.07) is 0.847. The summed E-state index contributed by atoms with van der Waals surface area (Å²) < 4.78 is 9.49. The van der Waals surface area contributed by atoms with E-state index in [0.717, 1.165) is 18.3 Å². The highest BCUT2D eigenvalue weighted by molar-refractivity contribution is 5.92. The zero-order valence-corrected chi connectivity index (χ0v) is 11.2. The Kier molecular flexibility index (Phi) is 5.35. The number of aromatic carboxylic acids is 1. The quantitative estimate of drug-likeness (QED) is 0.273. The molecule has 1 aromatic heterocycles. The molecule has 0 saturated heterocycles. The van der Waals surface area contributed by atoms with Crippen molar-refractivity contribution in [2.45, 2.75) is 6.92 Å². The molecule has 0 radical (unpaired) electrons. The maximum Gasteiger partial charge on any atom is 0.373 e. The van der Waals surface area contributed by atoms with Crippen LogP contribution in [0.4, 0.5) is 5.69 Å². The molecular formula is C12H12N2O7. The van der Waals surface area contributed by atoms with E-state index in [2.05, 4.69) is 4.98 Å². The number of ether oxygens (including phenoxy) is 2. The van der Waals surface area contributed by atoms with Crippen LogP contribution in [-0.2, 0) is 14.3 Å². The molecule has 0 saturated carbocycles. The zero-order valence-electron chi connectivity index (χ0n) is 11.2. The van der Waals surface area contributed by atoms with Crippen molar-refractivity contribution in [2.75, 3.05) is 13.7 Å². The van der Waals surface area contributed by atoms with Gasteiger partial charge in [-0.3, -0.25) is 10.1 Å². The van der Waals surface area contributed by atoms with E-state index >= 15 is 0 Å². The lowest BCUT2D eigenvalue weighted by Crippen LogP contribution is -2.10. The van der Waals surface area contributed by atoms with Crippen molar-refractivity contribution in [2.24, 2.45) is 0 Å². The first-order valence-corrected chi connectivity index (χ1v) is 5.71. The van der Waals surface area contributed by atoms with Gasteiger partial charge in [-0.05, 0) is 6.92 Å². The molecule has 0 atom stereocenters. The number of nitro groups is 1. The van der Waals surface area contributed by atoms with Crippen LogP contribution in [0.15, 0.2) is 18.0 Å². The molecule has 21 heavy (non-hydrogen) atoms. The highest BCUT2D eigenvalue weighted by Crippen LogP contribution is 2.21. The van der Waals surface area contributed by atoms with Gasteiger partial charge >= 0.3 is 11.9 Å². The van der Waals surface area contributed by atoms with Crippen molar-refractivity contribution in [1.29, 1.82) is 0 Å². The molecule has 1 aromatic rings. The molecule has 0 amide bonds. The molecule has 1 rings (SSSR count). The fourth-order valence-corrected chi connectivity index (χ4v) is 1.37. The van der Waals surface area contributed by atoms with Gasteiger partial charge in [0.1, 0.15) is 5.69 Å². The van der Waals surface area contributed by atoms with Gasteiger partial charge in [0, 0.05) is 18.3 Å². The summed E-state index contributed by atoms with van der Waals surface area (Å²) >= 11 is 0. The smallest absolute Gasteiger partial charge is 0.373 e. The lowest BCUT2D eigenvalue weighted by atomic mass is 10.2. The number of carbonyl (C=O) groups excluding carboxylic acids is 1. The van der Waals surface area contributed by atoms with Crippen LogP contribution in [0.2, 0.25) is 0 Å². The minimum absolute atomic E-state index is 0.104. The van der Waals surface area contributed by atoms with E-state index in [1.165, 1.54) is 7.11 Å². The minimum atomic E-state index is -1.35. The summed E-state index contributed by atoms with van der Waals surface area (Å²) in [5.41, 5.74) is -1.11. The van der Waals surface area contributed by atoms with E-state index in [-0.39, 0.29) is 23.6 Å². The van der Waals surface area contributed by atoms with E-state index in [1.54, 1.807) is 6.92 Å². The summed E-state index contributed by atoms with van der Waals surface area (Å²) in [5.74, 6) is -2.44. The van der Waals surface area contributed by atoms with Crippen molar-refractivity contribution < 1.29 is 29.1 Å². The van der Waals surface area contributed by atoms with Gasteiger partial charge in [0.25, 0.3) is 5.69 Å². The Hall–Kier alpha value is -2.97. The van der Waals surface area contributed by atoms with Crippen LogP contribution in [0.1, 0.15) is 23.0 Å². The summed E-state index contributed by atoms with van der Waals surface area (Å²) in [7, 11) is 1.19. The standard InChI is InChI=1S/C12H12N2O7/c1-3-21-12(17)10(20-2)5-8-9(14(18)19)4-7(6-13-8)11(15)16/h4-6H,3H2,1-2H3,(H,15,16)/b10-5+. The monoisotopic (exact) mass is 296 g/mol. The van der Waals surface area contributed by atoms with Gasteiger partial charge in [-0.2, -0.15) is 0 Å². The van der Waals surface area contributed by atoms with Gasteiger partial charge in [0.05, 0.1) is 24.2 Å². The van der Waals surface area contributed by atoms with Crippen molar-refractivity contribution in [1.82, 2.24) is 4.98 Å². The summed E-state index contributed by atoms with van der Waals surface area (Å²) in [6.07, 6.45) is 1.96. The third kappa shape index (κ3) is 4.00. The van der Waals surface area contributed by atoms with Crippen molar-refractivity contribution in [3.05, 3.63) is 39.4 Å². The predicted molar refractivity (Wildman–Crippen MR) is 69.5 cm³/mol. The van der Waals surface area contributed by atoms with Crippen molar-refractivity contribution >= 4 is 23.7 Å². The van der Waals surface area contributed by atoms with Gasteiger partial charge in [-0.25, -0.2) is 14.6 Å². The lowest BCUT2D eigenvalue weighted by molar-refractivity contribution is -0.385. The fraction of sp³-hybridized carbons (Fsp3) is 0.250. The van der Waals surface area contributed by atoms with E-state index in [1.807, 2.05) is 0 Å². The molecule has 0 aromatic carbocycles. The van der Waals surface area contributed by atoms with Gasteiger partial charge < -0.3 is 14.6 Å². The molecule has 1 N–H and O–H groups in total. The highest BCUT2D eigenvalue weighted by atomic mass is 16.6. The maximum absolute atomic E-state index is 11.5. The molecule has 0 spiro atoms. The predicted octanol–water partition coefficient (Wildman–Crippen LogP) is 1.24. The number of nitrogens with zero attached hydrogens (tertiary/aromatic N) is 2. The fourth-order valence-electron chi connectivity index (χ4n) is 1.37. The topological polar surface area (TPSA) is 129 Å². The Bertz CT molecular complexity index is 610. The normalized spacial score (nSPS) is 10.9. The van der Waals surface area contributed by atoms with Crippen molar-refractivity contribution in [3.63, 3.8) is 0 Å². The largest absolute Gasteiger partial charge is 0.490 e. The van der Waals surface area contributed by atoms with Crippen LogP contribution in [0.5, 0.6) is 0 Å². The Balaban J connectivity index is 3.31. The second-order valence-corrected chi connectivity index (χ2v) is 3.62. The zero-order chi connectivity index (χ0) is 16.0. The van der Waals surface area contributed by atoms with Gasteiger partial charge in [0.2, 0.25) is 5.76 Å². The number of hydrogen-bond acceptors (Lipinski definition) is 7. The van der Waals surface area contributed by atoms with E-state index in [0.29, 0.717) is 0 Å². The number of esters is 1. The molecule has 0 aliphatic carbocycles. The van der Waals surface area contributed by atoms with Crippen LogP contribution < -0.4 is 0 Å². The second-order valence-electron chi connectivity index (χ2n) is 3.62. The first-order chi connectivity index (χ1) is 9.90. The Morgan fingerprint density at radius 1 is 1.52 bits per heavy atom. The summed E-state index contributed by atoms with van der Waals surface area (Å²) in [5, 5.41) is 19.7. The second kappa shape index (κ2) is 6.98. The third-order valence-electron chi connectivity index (χ3n) is 2.31. The summed E-state index contributed by atoms with van der Waals surface area (Å²) in [4.78, 5) is 36.1. The van der Waals surface area contributed by atoms with Crippen LogP contribution >= 0.6 is 0 Å². The van der Waals surface area contributed by atoms with E-state index in [4.69, 9.17) is 14.6 Å². The number of methoxy groups -OCH3 is 1. The molecule has 0 fully saturated rings. The first kappa shape index (κ1) is 16.1. The SMILES string of the molecule is CCOC(=O)/C(=C\c1ncc(C(=O)O)cc1[N+](=O)[O-])OC. The van der Waals surface area contributed by atoms with Crippen LogP contribution in [0.3, 0.4) is 0 Å². The molecule has 9 heteroatoms. The van der Waals surface area contributed by atoms with Gasteiger partial charge in [-0.15, -0.1) is 0 Å². The maximum atomic E-state index is 11.5. The first-order valence-electron chi connectivity index (χ1n) is 5.71. The minimum Gasteiger partial charge on any atom is -0.490 e. The number of hydrogen-bond donors (Lipinski definition) is 1. The summed E-state index contributed by atoms with van der Waals surface area (Å²) in [6.45, 7) is 1.69. The molecular weight excluding hydrogens is 284 g/mol. The molecule has 0 unspecified atom stereocenters. The van der Waals surface area contributed by atoms with Crippen molar-refractivity contribution in [3.8, 4) is 0 Å². The van der Waals surface area contributed by atoms with Gasteiger partial charge in [0.15, 0.2) is 0 Å². The van der Waals surface area contributed by atoms with E-state index < -0.39 is 22.5 Å². The highest BCUT2D eigenvalue weighted by Gasteiger charge is 2.20. The molecule has 112 valence electrons. The molecule has 0 bridgehead atoms. The molecule has 1 heterocycles. The molecule has 0 aliphatic heterocycles. The number of carboxylic acids is 1. The van der Waals surface area contributed by atoms with Gasteiger partial charge in [-0.1, -0.05) is 0 Å². The average molecular weight is 296 g/mol. The number of carboxylic acid groups (broad SMARTS) is 1. The van der Waals surface area contributed by atoms with Crippen LogP contribution in [-0.4, -0.2) is 40.7 Å².